The third-order valence-corrected chi connectivity index (χ3v) is 2.35. The minimum atomic E-state index is 0.0823. The summed E-state index contributed by atoms with van der Waals surface area (Å²) in [5, 5.41) is 0. The molecule has 1 amide bonds. The highest BCUT2D eigenvalue weighted by Crippen LogP contribution is 2.09. The number of amides is 1. The van der Waals surface area contributed by atoms with Crippen LogP contribution in [0.4, 0.5) is 0 Å². The van der Waals surface area contributed by atoms with Gasteiger partial charge in [-0.15, -0.1) is 0 Å². The molecule has 0 saturated carbocycles. The number of carbonyl (C=O) groups excluding carboxylic acids is 1. The molecule has 0 unspecified atom stereocenters. The molecule has 1 aromatic heterocycles. The third kappa shape index (κ3) is 2.05. The zero-order valence-electron chi connectivity index (χ0n) is 7.98. The molecule has 1 aromatic rings. The Morgan fingerprint density at radius 3 is 2.86 bits per heavy atom. The standard InChI is InChI=1S/C11H13NO2/c13-11(12-7-1-2-8-12)6-5-10-4-3-9-14-10/h3-6,9H,1-2,7-8H2/b6-5+. The Morgan fingerprint density at radius 2 is 2.21 bits per heavy atom. The summed E-state index contributed by atoms with van der Waals surface area (Å²) in [5.41, 5.74) is 0. The molecule has 0 spiro atoms. The van der Waals surface area contributed by atoms with Gasteiger partial charge in [-0.05, 0) is 31.1 Å². The molecular formula is C11H13NO2. The molecule has 0 N–H and O–H groups in total. The summed E-state index contributed by atoms with van der Waals surface area (Å²) in [7, 11) is 0. The van der Waals surface area contributed by atoms with E-state index in [9.17, 15) is 4.79 Å². The Labute approximate surface area is 83.0 Å². The van der Waals surface area contributed by atoms with Gasteiger partial charge in [-0.1, -0.05) is 0 Å². The van der Waals surface area contributed by atoms with E-state index in [-0.39, 0.29) is 5.91 Å². The molecular weight excluding hydrogens is 178 g/mol. The fraction of sp³-hybridized carbons (Fsp3) is 0.364. The Hall–Kier alpha value is -1.51. The fourth-order valence-corrected chi connectivity index (χ4v) is 1.58. The van der Waals surface area contributed by atoms with Crippen molar-refractivity contribution in [2.45, 2.75) is 12.8 Å². The van der Waals surface area contributed by atoms with E-state index in [1.54, 1.807) is 24.5 Å². The molecule has 1 saturated heterocycles. The molecule has 14 heavy (non-hydrogen) atoms. The second-order valence-electron chi connectivity index (χ2n) is 3.38. The second-order valence-corrected chi connectivity index (χ2v) is 3.38. The first kappa shape index (κ1) is 9.06. The summed E-state index contributed by atoms with van der Waals surface area (Å²) in [6.45, 7) is 1.78. The molecule has 3 heteroatoms. The lowest BCUT2D eigenvalue weighted by Crippen LogP contribution is -2.25. The average Bonchev–Trinajstić information content (AvgIpc) is 2.87. The molecule has 2 heterocycles. The van der Waals surface area contributed by atoms with E-state index >= 15 is 0 Å². The number of nitrogens with zero attached hydrogens (tertiary/aromatic N) is 1. The molecule has 1 aliphatic heterocycles. The van der Waals surface area contributed by atoms with Crippen molar-refractivity contribution in [1.82, 2.24) is 4.90 Å². The molecule has 0 atom stereocenters. The number of rotatable bonds is 2. The predicted molar refractivity (Wildman–Crippen MR) is 53.6 cm³/mol. The van der Waals surface area contributed by atoms with Gasteiger partial charge < -0.3 is 9.32 Å². The summed E-state index contributed by atoms with van der Waals surface area (Å²) in [4.78, 5) is 13.4. The van der Waals surface area contributed by atoms with Crippen molar-refractivity contribution >= 4 is 12.0 Å². The second kappa shape index (κ2) is 4.13. The monoisotopic (exact) mass is 191 g/mol. The van der Waals surface area contributed by atoms with Gasteiger partial charge in [-0.25, -0.2) is 0 Å². The van der Waals surface area contributed by atoms with Crippen LogP contribution in [0.25, 0.3) is 6.08 Å². The minimum absolute atomic E-state index is 0.0823. The van der Waals surface area contributed by atoms with Crippen LogP contribution in [0.3, 0.4) is 0 Å². The Balaban J connectivity index is 1.93. The maximum absolute atomic E-state index is 11.5. The van der Waals surface area contributed by atoms with E-state index < -0.39 is 0 Å². The van der Waals surface area contributed by atoms with Gasteiger partial charge in [-0.3, -0.25) is 4.79 Å². The molecule has 2 rings (SSSR count). The molecule has 0 bridgehead atoms. The maximum Gasteiger partial charge on any atom is 0.246 e. The topological polar surface area (TPSA) is 33.5 Å². The summed E-state index contributed by atoms with van der Waals surface area (Å²) in [6.07, 6.45) is 7.13. The molecule has 74 valence electrons. The van der Waals surface area contributed by atoms with Crippen LogP contribution < -0.4 is 0 Å². The quantitative estimate of drug-likeness (QED) is 0.669. The number of hydrogen-bond acceptors (Lipinski definition) is 2. The first-order valence-electron chi connectivity index (χ1n) is 4.87. The van der Waals surface area contributed by atoms with Crippen molar-refractivity contribution in [3.63, 3.8) is 0 Å². The SMILES string of the molecule is O=C(/C=C/c1ccco1)N1CCCC1. The number of furan rings is 1. The molecule has 0 aromatic carbocycles. The maximum atomic E-state index is 11.5. The van der Waals surface area contributed by atoms with Gasteiger partial charge >= 0.3 is 0 Å². The van der Waals surface area contributed by atoms with Crippen LogP contribution in [0.5, 0.6) is 0 Å². The van der Waals surface area contributed by atoms with Crippen molar-refractivity contribution in [1.29, 1.82) is 0 Å². The van der Waals surface area contributed by atoms with E-state index in [0.717, 1.165) is 31.7 Å². The predicted octanol–water partition coefficient (Wildman–Crippen LogP) is 1.92. The third-order valence-electron chi connectivity index (χ3n) is 2.35. The van der Waals surface area contributed by atoms with Crippen molar-refractivity contribution < 1.29 is 9.21 Å². The summed E-state index contributed by atoms with van der Waals surface area (Å²) in [5.74, 6) is 0.802. The van der Waals surface area contributed by atoms with Crippen molar-refractivity contribution in [3.8, 4) is 0 Å². The largest absolute Gasteiger partial charge is 0.465 e. The zero-order chi connectivity index (χ0) is 9.80. The lowest BCUT2D eigenvalue weighted by Gasteiger charge is -2.11. The summed E-state index contributed by atoms with van der Waals surface area (Å²) < 4.78 is 5.09. The lowest BCUT2D eigenvalue weighted by atomic mass is 10.3. The Bertz CT molecular complexity index is 321. The smallest absolute Gasteiger partial charge is 0.246 e. The first-order chi connectivity index (χ1) is 6.86. The molecule has 0 radical (unpaired) electrons. The molecule has 1 fully saturated rings. The van der Waals surface area contributed by atoms with Crippen LogP contribution in [0.15, 0.2) is 28.9 Å². The van der Waals surface area contributed by atoms with Crippen LogP contribution in [0.1, 0.15) is 18.6 Å². The first-order valence-corrected chi connectivity index (χ1v) is 4.87. The summed E-state index contributed by atoms with van der Waals surface area (Å²) >= 11 is 0. The number of likely N-dealkylation sites (tertiary alicyclic amines) is 1. The van der Waals surface area contributed by atoms with Gasteiger partial charge in [-0.2, -0.15) is 0 Å². The van der Waals surface area contributed by atoms with Crippen LogP contribution >= 0.6 is 0 Å². The van der Waals surface area contributed by atoms with E-state index in [2.05, 4.69) is 0 Å². The van der Waals surface area contributed by atoms with Gasteiger partial charge in [0.25, 0.3) is 0 Å². The van der Waals surface area contributed by atoms with Gasteiger partial charge in [0.2, 0.25) is 5.91 Å². The average molecular weight is 191 g/mol. The number of carbonyl (C=O) groups is 1. The van der Waals surface area contributed by atoms with Crippen molar-refractivity contribution in [3.05, 3.63) is 30.2 Å². The Morgan fingerprint density at radius 1 is 1.43 bits per heavy atom. The summed E-state index contributed by atoms with van der Waals surface area (Å²) in [6, 6.07) is 3.63. The van der Waals surface area contributed by atoms with Crippen molar-refractivity contribution in [2.24, 2.45) is 0 Å². The highest BCUT2D eigenvalue weighted by atomic mass is 16.3. The molecule has 0 aliphatic carbocycles. The normalized spacial score (nSPS) is 16.7. The van der Waals surface area contributed by atoms with E-state index in [4.69, 9.17) is 4.42 Å². The van der Waals surface area contributed by atoms with Gasteiger partial charge in [0.15, 0.2) is 0 Å². The Kier molecular flexibility index (Phi) is 2.68. The number of hydrogen-bond donors (Lipinski definition) is 0. The van der Waals surface area contributed by atoms with E-state index in [0.29, 0.717) is 0 Å². The van der Waals surface area contributed by atoms with Crippen molar-refractivity contribution in [2.75, 3.05) is 13.1 Å². The highest BCUT2D eigenvalue weighted by Gasteiger charge is 2.14. The van der Waals surface area contributed by atoms with Crippen LogP contribution in [-0.2, 0) is 4.79 Å². The lowest BCUT2D eigenvalue weighted by molar-refractivity contribution is -0.124. The van der Waals surface area contributed by atoms with Gasteiger partial charge in [0, 0.05) is 19.2 Å². The van der Waals surface area contributed by atoms with Crippen LogP contribution in [0.2, 0.25) is 0 Å². The van der Waals surface area contributed by atoms with Gasteiger partial charge in [0.05, 0.1) is 6.26 Å². The van der Waals surface area contributed by atoms with E-state index in [1.807, 2.05) is 11.0 Å². The van der Waals surface area contributed by atoms with E-state index in [1.165, 1.54) is 0 Å². The van der Waals surface area contributed by atoms with Crippen LogP contribution in [-0.4, -0.2) is 23.9 Å². The highest BCUT2D eigenvalue weighted by molar-refractivity contribution is 5.91. The minimum Gasteiger partial charge on any atom is -0.465 e. The molecule has 1 aliphatic rings. The zero-order valence-corrected chi connectivity index (χ0v) is 7.98. The fourth-order valence-electron chi connectivity index (χ4n) is 1.58. The van der Waals surface area contributed by atoms with Gasteiger partial charge in [0.1, 0.15) is 5.76 Å². The molecule has 3 nitrogen and oxygen atoms in total. The van der Waals surface area contributed by atoms with Crippen LogP contribution in [0, 0.1) is 0 Å².